The van der Waals surface area contributed by atoms with Crippen molar-refractivity contribution >= 4 is 12.1 Å². The first-order valence-electron chi connectivity index (χ1n) is 8.83. The van der Waals surface area contributed by atoms with Crippen LogP contribution >= 0.6 is 0 Å². The molecular formula is C19H25NO5. The molecule has 1 N–H and O–H groups in total. The lowest BCUT2D eigenvalue weighted by Crippen LogP contribution is -2.61. The first-order valence-corrected chi connectivity index (χ1v) is 8.83. The summed E-state index contributed by atoms with van der Waals surface area (Å²) in [6.07, 6.45) is 3.27. The van der Waals surface area contributed by atoms with Gasteiger partial charge in [-0.2, -0.15) is 0 Å². The Labute approximate surface area is 147 Å². The van der Waals surface area contributed by atoms with Gasteiger partial charge in [-0.3, -0.25) is 4.90 Å². The van der Waals surface area contributed by atoms with Crippen LogP contribution in [-0.4, -0.2) is 46.9 Å². The molecule has 6 nitrogen and oxygen atoms in total. The number of carbonyl (C=O) groups is 2. The van der Waals surface area contributed by atoms with Gasteiger partial charge in [0, 0.05) is 19.6 Å². The van der Waals surface area contributed by atoms with Crippen LogP contribution in [0.3, 0.4) is 0 Å². The van der Waals surface area contributed by atoms with Crippen molar-refractivity contribution in [1.82, 2.24) is 4.90 Å². The number of carboxylic acid groups (broad SMARTS) is 1. The fraction of sp³-hybridized carbons (Fsp3) is 0.579. The van der Waals surface area contributed by atoms with Crippen molar-refractivity contribution < 1.29 is 24.2 Å². The van der Waals surface area contributed by atoms with Crippen molar-refractivity contribution in [3.05, 3.63) is 35.9 Å². The van der Waals surface area contributed by atoms with E-state index in [-0.39, 0.29) is 18.8 Å². The van der Waals surface area contributed by atoms with Crippen molar-refractivity contribution in [2.24, 2.45) is 0 Å². The van der Waals surface area contributed by atoms with Crippen molar-refractivity contribution in [2.45, 2.75) is 62.8 Å². The summed E-state index contributed by atoms with van der Waals surface area (Å²) in [6.45, 7) is 0.145. The van der Waals surface area contributed by atoms with Crippen molar-refractivity contribution in [1.29, 1.82) is 0 Å². The highest BCUT2D eigenvalue weighted by Gasteiger charge is 2.55. The first-order chi connectivity index (χ1) is 12.1. The van der Waals surface area contributed by atoms with E-state index in [4.69, 9.17) is 9.47 Å². The Morgan fingerprint density at radius 1 is 1.24 bits per heavy atom. The molecule has 1 amide bonds. The molecule has 0 bridgehead atoms. The van der Waals surface area contributed by atoms with E-state index >= 15 is 0 Å². The maximum atomic E-state index is 12.8. The van der Waals surface area contributed by atoms with Gasteiger partial charge in [-0.15, -0.1) is 0 Å². The average Bonchev–Trinajstić information content (AvgIpc) is 3.46. The van der Waals surface area contributed by atoms with E-state index < -0.39 is 17.6 Å². The van der Waals surface area contributed by atoms with E-state index in [1.54, 1.807) is 7.11 Å². The van der Waals surface area contributed by atoms with Gasteiger partial charge in [0.1, 0.15) is 12.1 Å². The maximum absolute atomic E-state index is 12.8. The third-order valence-corrected chi connectivity index (χ3v) is 5.19. The van der Waals surface area contributed by atoms with Gasteiger partial charge in [0.15, 0.2) is 0 Å². The number of nitrogens with zero attached hydrogens (tertiary/aromatic N) is 1. The van der Waals surface area contributed by atoms with Crippen LogP contribution in [0.4, 0.5) is 4.79 Å². The summed E-state index contributed by atoms with van der Waals surface area (Å²) in [5, 5.41) is 9.98. The standard InChI is InChI=1S/C19H25NO5/c1-24-16-8-5-11-19(12-16,17(21)22)20(15-9-10-15)18(23)25-13-14-6-3-2-4-7-14/h2-4,6-7,15-16H,5,8-13H2,1H3,(H,21,22). The van der Waals surface area contributed by atoms with Gasteiger partial charge in [-0.05, 0) is 37.7 Å². The zero-order valence-corrected chi connectivity index (χ0v) is 14.5. The van der Waals surface area contributed by atoms with E-state index in [9.17, 15) is 14.7 Å². The Morgan fingerprint density at radius 2 is 1.96 bits per heavy atom. The molecule has 2 aliphatic carbocycles. The summed E-state index contributed by atoms with van der Waals surface area (Å²) in [6, 6.07) is 9.37. The molecule has 0 saturated heterocycles. The van der Waals surface area contributed by atoms with E-state index in [1.165, 1.54) is 4.90 Å². The van der Waals surface area contributed by atoms with Crippen LogP contribution in [-0.2, 0) is 20.9 Å². The number of ether oxygens (including phenoxy) is 2. The molecule has 1 aromatic carbocycles. The van der Waals surface area contributed by atoms with Crippen LogP contribution in [0.5, 0.6) is 0 Å². The number of amides is 1. The Balaban J connectivity index is 1.78. The fourth-order valence-corrected chi connectivity index (χ4v) is 3.72. The number of carbonyl (C=O) groups excluding carboxylic acids is 1. The summed E-state index contributed by atoms with van der Waals surface area (Å²) in [7, 11) is 1.60. The molecule has 0 heterocycles. The number of hydrogen-bond donors (Lipinski definition) is 1. The van der Waals surface area contributed by atoms with E-state index in [0.717, 1.165) is 31.2 Å². The van der Waals surface area contributed by atoms with Crippen LogP contribution < -0.4 is 0 Å². The molecule has 2 atom stereocenters. The van der Waals surface area contributed by atoms with Gasteiger partial charge in [0.05, 0.1) is 6.10 Å². The molecule has 2 fully saturated rings. The van der Waals surface area contributed by atoms with Crippen LogP contribution in [0.15, 0.2) is 30.3 Å². The van der Waals surface area contributed by atoms with E-state index in [1.807, 2.05) is 30.3 Å². The average molecular weight is 347 g/mol. The summed E-state index contributed by atoms with van der Waals surface area (Å²) in [5.74, 6) is -0.960. The number of carboxylic acids is 1. The molecule has 2 unspecified atom stereocenters. The summed E-state index contributed by atoms with van der Waals surface area (Å²) >= 11 is 0. The second-order valence-corrected chi connectivity index (χ2v) is 6.93. The monoisotopic (exact) mass is 347 g/mol. The van der Waals surface area contributed by atoms with E-state index in [2.05, 4.69) is 0 Å². The Hall–Kier alpha value is -2.08. The second kappa shape index (κ2) is 7.44. The number of hydrogen-bond acceptors (Lipinski definition) is 4. The van der Waals surface area contributed by atoms with Crippen molar-refractivity contribution in [2.75, 3.05) is 7.11 Å². The second-order valence-electron chi connectivity index (χ2n) is 6.93. The molecule has 1 aromatic rings. The van der Waals surface area contributed by atoms with Crippen LogP contribution in [0, 0.1) is 0 Å². The quantitative estimate of drug-likeness (QED) is 0.855. The Morgan fingerprint density at radius 3 is 2.56 bits per heavy atom. The Bertz CT molecular complexity index is 616. The molecule has 0 aromatic heterocycles. The van der Waals surface area contributed by atoms with Crippen molar-refractivity contribution in [3.63, 3.8) is 0 Å². The highest BCUT2D eigenvalue weighted by atomic mass is 16.6. The Kier molecular flexibility index (Phi) is 5.27. The third-order valence-electron chi connectivity index (χ3n) is 5.19. The summed E-state index contributed by atoms with van der Waals surface area (Å²) in [5.41, 5.74) is -0.345. The van der Waals surface area contributed by atoms with Crippen LogP contribution in [0.2, 0.25) is 0 Å². The SMILES string of the molecule is COC1CCCC(C(=O)O)(N(C(=O)OCc2ccccc2)C2CC2)C1. The third kappa shape index (κ3) is 3.79. The minimum atomic E-state index is -1.23. The maximum Gasteiger partial charge on any atom is 0.411 e. The molecule has 0 aliphatic heterocycles. The van der Waals surface area contributed by atoms with Gasteiger partial charge >= 0.3 is 12.1 Å². The van der Waals surface area contributed by atoms with Crippen LogP contribution in [0.1, 0.15) is 44.1 Å². The van der Waals surface area contributed by atoms with Crippen LogP contribution in [0.25, 0.3) is 0 Å². The highest BCUT2D eigenvalue weighted by molar-refractivity contribution is 5.85. The minimum Gasteiger partial charge on any atom is -0.479 e. The lowest BCUT2D eigenvalue weighted by Gasteiger charge is -2.44. The molecule has 2 saturated carbocycles. The zero-order valence-electron chi connectivity index (χ0n) is 14.5. The molecule has 136 valence electrons. The van der Waals surface area contributed by atoms with Gasteiger partial charge < -0.3 is 14.6 Å². The predicted octanol–water partition coefficient (Wildman–Crippen LogP) is 3.20. The summed E-state index contributed by atoms with van der Waals surface area (Å²) < 4.78 is 10.9. The molecule has 6 heteroatoms. The largest absolute Gasteiger partial charge is 0.479 e. The number of methoxy groups -OCH3 is 1. The van der Waals surface area contributed by atoms with Gasteiger partial charge in [-0.1, -0.05) is 30.3 Å². The molecule has 0 radical (unpaired) electrons. The zero-order chi connectivity index (χ0) is 17.9. The minimum absolute atomic E-state index is 0.0463. The molecule has 0 spiro atoms. The van der Waals surface area contributed by atoms with Crippen molar-refractivity contribution in [3.8, 4) is 0 Å². The number of rotatable bonds is 6. The van der Waals surface area contributed by atoms with E-state index in [0.29, 0.717) is 12.8 Å². The molecular weight excluding hydrogens is 322 g/mol. The first kappa shape index (κ1) is 17.7. The molecule has 3 rings (SSSR count). The topological polar surface area (TPSA) is 76.1 Å². The van der Waals surface area contributed by atoms with Gasteiger partial charge in [0.25, 0.3) is 0 Å². The normalized spacial score (nSPS) is 26.0. The predicted molar refractivity (Wildman–Crippen MR) is 91.1 cm³/mol. The number of benzene rings is 1. The molecule has 25 heavy (non-hydrogen) atoms. The van der Waals surface area contributed by atoms with Gasteiger partial charge in [-0.25, -0.2) is 9.59 Å². The molecule has 2 aliphatic rings. The lowest BCUT2D eigenvalue weighted by atomic mass is 9.78. The highest BCUT2D eigenvalue weighted by Crippen LogP contribution is 2.42. The smallest absolute Gasteiger partial charge is 0.411 e. The van der Waals surface area contributed by atoms with Gasteiger partial charge in [0.2, 0.25) is 0 Å². The lowest BCUT2D eigenvalue weighted by molar-refractivity contribution is -0.157. The fourth-order valence-electron chi connectivity index (χ4n) is 3.72. The number of aliphatic carboxylic acids is 1. The summed E-state index contributed by atoms with van der Waals surface area (Å²) in [4.78, 5) is 26.5.